The molecule has 3 rings (SSSR count). The van der Waals surface area contributed by atoms with Crippen LogP contribution >= 0.6 is 6.49 Å². The second kappa shape index (κ2) is 8.41. The van der Waals surface area contributed by atoms with Crippen LogP contribution in [0.25, 0.3) is 16.7 Å². The van der Waals surface area contributed by atoms with E-state index in [-0.39, 0.29) is 11.3 Å². The van der Waals surface area contributed by atoms with Gasteiger partial charge in [0.15, 0.2) is 18.0 Å². The number of cyclic esters (lactones) is 1. The fraction of sp³-hybridized carbons (Fsp3) is 0.318. The molecule has 0 amide bonds. The minimum atomic E-state index is -4.54. The van der Waals surface area contributed by atoms with E-state index in [9.17, 15) is 18.0 Å². The van der Waals surface area contributed by atoms with E-state index in [0.29, 0.717) is 5.56 Å². The second-order valence-corrected chi connectivity index (χ2v) is 11.7. The van der Waals surface area contributed by atoms with Gasteiger partial charge in [-0.2, -0.15) is 13.2 Å². The highest BCUT2D eigenvalue weighted by Crippen LogP contribution is 2.53. The Kier molecular flexibility index (Phi) is 6.38. The largest absolute Gasteiger partial charge is 0.448 e. The number of esters is 1. The van der Waals surface area contributed by atoms with Crippen molar-refractivity contribution in [3.63, 3.8) is 0 Å². The summed E-state index contributed by atoms with van der Waals surface area (Å²) < 4.78 is 54.0. The van der Waals surface area contributed by atoms with Gasteiger partial charge in [0.1, 0.15) is 5.57 Å². The Morgan fingerprint density at radius 2 is 1.74 bits per heavy atom. The summed E-state index contributed by atoms with van der Waals surface area (Å²) in [6.07, 6.45) is -4.54. The van der Waals surface area contributed by atoms with E-state index >= 15 is 0 Å². The van der Waals surface area contributed by atoms with E-state index in [0.717, 1.165) is 16.7 Å². The Morgan fingerprint density at radius 1 is 1.10 bits per heavy atom. The number of ether oxygens (including phenoxy) is 1. The summed E-state index contributed by atoms with van der Waals surface area (Å²) in [7, 11) is 0. The minimum Gasteiger partial charge on any atom is -0.448 e. The van der Waals surface area contributed by atoms with Crippen LogP contribution in [-0.4, -0.2) is 31.0 Å². The zero-order chi connectivity index (χ0) is 23.0. The molecular formula is C22H22F3O4PS. The first-order valence-corrected chi connectivity index (χ1v) is 12.5. The van der Waals surface area contributed by atoms with Gasteiger partial charge in [-0.05, 0) is 60.9 Å². The van der Waals surface area contributed by atoms with Crippen LogP contribution in [0.1, 0.15) is 25.0 Å². The number of halogens is 3. The van der Waals surface area contributed by atoms with Gasteiger partial charge in [-0.3, -0.25) is 0 Å². The van der Waals surface area contributed by atoms with E-state index in [1.165, 1.54) is 6.66 Å². The van der Waals surface area contributed by atoms with E-state index in [1.807, 2.05) is 55.5 Å². The quantitative estimate of drug-likeness (QED) is 0.369. The topological polar surface area (TPSA) is 44.8 Å². The minimum absolute atomic E-state index is 0.0822. The van der Waals surface area contributed by atoms with Crippen LogP contribution in [0.15, 0.2) is 54.3 Å². The lowest BCUT2D eigenvalue weighted by Crippen LogP contribution is -2.24. The van der Waals surface area contributed by atoms with Crippen molar-refractivity contribution in [3.8, 4) is 11.1 Å². The Bertz CT molecular complexity index is 1080. The lowest BCUT2D eigenvalue weighted by molar-refractivity contribution is -0.153. The van der Waals surface area contributed by atoms with Gasteiger partial charge in [-0.1, -0.05) is 42.5 Å². The summed E-state index contributed by atoms with van der Waals surface area (Å²) in [4.78, 5) is 12.8. The standard InChI is InChI=1S/C22H22F3O4PS/c1-14-10-11-16(15-8-6-5-7-9-15)12-17(14)18-19(21(2,3)28-20(18)26)29-30(4,31)27-13-22(23,24)25/h5-12H,13H2,1-4H3. The van der Waals surface area contributed by atoms with Crippen molar-refractivity contribution in [3.05, 3.63) is 65.4 Å². The van der Waals surface area contributed by atoms with Gasteiger partial charge in [0, 0.05) is 6.66 Å². The van der Waals surface area contributed by atoms with Crippen molar-refractivity contribution in [2.24, 2.45) is 0 Å². The van der Waals surface area contributed by atoms with Crippen molar-refractivity contribution in [1.82, 2.24) is 0 Å². The van der Waals surface area contributed by atoms with Gasteiger partial charge in [0.25, 0.3) is 0 Å². The smallest absolute Gasteiger partial charge is 0.412 e. The van der Waals surface area contributed by atoms with Crippen molar-refractivity contribution >= 4 is 29.8 Å². The van der Waals surface area contributed by atoms with Gasteiger partial charge >= 0.3 is 12.1 Å². The van der Waals surface area contributed by atoms with Crippen LogP contribution in [0, 0.1) is 6.92 Å². The van der Waals surface area contributed by atoms with E-state index in [2.05, 4.69) is 0 Å². The maximum Gasteiger partial charge on any atom is 0.412 e. The molecule has 0 saturated heterocycles. The van der Waals surface area contributed by atoms with E-state index in [1.54, 1.807) is 13.8 Å². The van der Waals surface area contributed by atoms with Gasteiger partial charge in [-0.25, -0.2) is 4.79 Å². The normalized spacial score (nSPS) is 18.0. The molecule has 1 aliphatic rings. The molecule has 2 aromatic rings. The van der Waals surface area contributed by atoms with Gasteiger partial charge in [0.05, 0.1) is 0 Å². The third-order valence-corrected chi connectivity index (χ3v) is 6.31. The van der Waals surface area contributed by atoms with Crippen LogP contribution < -0.4 is 0 Å². The Balaban J connectivity index is 2.08. The highest BCUT2D eigenvalue weighted by molar-refractivity contribution is 8.09. The first-order valence-electron chi connectivity index (χ1n) is 9.42. The number of hydrogen-bond donors (Lipinski definition) is 0. The average Bonchev–Trinajstić information content (AvgIpc) is 2.88. The molecule has 0 aromatic heterocycles. The predicted molar refractivity (Wildman–Crippen MR) is 117 cm³/mol. The van der Waals surface area contributed by atoms with Crippen molar-refractivity contribution in [1.29, 1.82) is 0 Å². The lowest BCUT2D eigenvalue weighted by Gasteiger charge is -2.27. The molecule has 1 unspecified atom stereocenters. The SMILES string of the molecule is Cc1ccc(-c2ccccc2)cc1C1=C(OP(C)(=S)OCC(F)(F)F)C(C)(C)OC1=O. The number of aryl methyl sites for hydroxylation is 1. The number of carbonyl (C=O) groups is 1. The van der Waals surface area contributed by atoms with E-state index < -0.39 is 30.8 Å². The maximum absolute atomic E-state index is 12.8. The van der Waals surface area contributed by atoms with Gasteiger partial charge in [-0.15, -0.1) is 0 Å². The average molecular weight is 470 g/mol. The molecule has 0 saturated carbocycles. The van der Waals surface area contributed by atoms with Crippen LogP contribution in [0.4, 0.5) is 13.2 Å². The molecule has 1 aliphatic heterocycles. The highest BCUT2D eigenvalue weighted by Gasteiger charge is 2.45. The third kappa shape index (κ3) is 5.56. The molecule has 4 nitrogen and oxygen atoms in total. The molecule has 0 bridgehead atoms. The van der Waals surface area contributed by atoms with Gasteiger partial charge in [0.2, 0.25) is 6.49 Å². The van der Waals surface area contributed by atoms with Crippen molar-refractivity contribution in [2.75, 3.05) is 13.3 Å². The monoisotopic (exact) mass is 470 g/mol. The molecule has 0 spiro atoms. The molecule has 0 fully saturated rings. The summed E-state index contributed by atoms with van der Waals surface area (Å²) in [5.74, 6) is -0.544. The summed E-state index contributed by atoms with van der Waals surface area (Å²) in [6.45, 7) is 1.43. The first kappa shape index (κ1) is 23.5. The fourth-order valence-corrected chi connectivity index (χ4v) is 4.65. The summed E-state index contributed by atoms with van der Waals surface area (Å²) in [6, 6.07) is 15.2. The first-order chi connectivity index (χ1) is 14.3. The molecule has 0 radical (unpaired) electrons. The molecule has 0 aliphatic carbocycles. The molecular weight excluding hydrogens is 448 g/mol. The molecule has 0 N–H and O–H groups in total. The van der Waals surface area contributed by atoms with Crippen LogP contribution in [-0.2, 0) is 30.4 Å². The highest BCUT2D eigenvalue weighted by atomic mass is 32.5. The molecule has 31 heavy (non-hydrogen) atoms. The van der Waals surface area contributed by atoms with Crippen molar-refractivity contribution in [2.45, 2.75) is 32.5 Å². The van der Waals surface area contributed by atoms with Crippen LogP contribution in [0.2, 0.25) is 0 Å². The summed E-state index contributed by atoms with van der Waals surface area (Å²) in [5, 5.41) is 0. The van der Waals surface area contributed by atoms with Crippen LogP contribution in [0.3, 0.4) is 0 Å². The summed E-state index contributed by atoms with van der Waals surface area (Å²) >= 11 is 5.19. The number of rotatable bonds is 6. The molecule has 1 heterocycles. The Hall–Kier alpha value is -2.15. The number of alkyl halides is 3. The molecule has 1 atom stereocenters. The van der Waals surface area contributed by atoms with Crippen molar-refractivity contribution < 1.29 is 31.8 Å². The second-order valence-electron chi connectivity index (χ2n) is 7.75. The van der Waals surface area contributed by atoms with E-state index in [4.69, 9.17) is 25.6 Å². The summed E-state index contributed by atoms with van der Waals surface area (Å²) in [5.41, 5.74) is 2.11. The van der Waals surface area contributed by atoms with Gasteiger partial charge < -0.3 is 13.8 Å². The van der Waals surface area contributed by atoms with Crippen LogP contribution in [0.5, 0.6) is 0 Å². The number of hydrogen-bond acceptors (Lipinski definition) is 5. The lowest BCUT2D eigenvalue weighted by atomic mass is 9.93. The molecule has 2 aromatic carbocycles. The fourth-order valence-electron chi connectivity index (χ4n) is 3.19. The third-order valence-electron chi connectivity index (χ3n) is 4.66. The Labute approximate surface area is 184 Å². The zero-order valence-electron chi connectivity index (χ0n) is 17.4. The zero-order valence-corrected chi connectivity index (χ0v) is 19.2. The predicted octanol–water partition coefficient (Wildman–Crippen LogP) is 6.24. The molecule has 9 heteroatoms. The maximum atomic E-state index is 12.8. The molecule has 166 valence electrons. The number of carbonyl (C=O) groups excluding carboxylic acids is 1. The number of benzene rings is 2. The Morgan fingerprint density at radius 3 is 2.35 bits per heavy atom.